The molecule has 1 fully saturated rings. The fourth-order valence-corrected chi connectivity index (χ4v) is 2.83. The maximum Gasteiger partial charge on any atom is 0.304 e. The highest BCUT2D eigenvalue weighted by Crippen LogP contribution is 2.29. The number of carboxylic acid groups (broad SMARTS) is 1. The SMILES string of the molecule is Cc1ccc(O)c(C(C)N2CCN(CCC(=O)O)CC2)c1. The molecule has 2 rings (SSSR count). The molecule has 1 unspecified atom stereocenters. The summed E-state index contributed by atoms with van der Waals surface area (Å²) in [5.41, 5.74) is 2.11. The van der Waals surface area contributed by atoms with Crippen LogP contribution in [0.25, 0.3) is 0 Å². The molecule has 1 aromatic carbocycles. The first kappa shape index (κ1) is 15.8. The Labute approximate surface area is 125 Å². The molecule has 0 amide bonds. The fourth-order valence-electron chi connectivity index (χ4n) is 2.83. The molecule has 1 saturated heterocycles. The first-order valence-electron chi connectivity index (χ1n) is 7.45. The van der Waals surface area contributed by atoms with Crippen LogP contribution in [0, 0.1) is 6.92 Å². The second-order valence-electron chi connectivity index (χ2n) is 5.76. The summed E-state index contributed by atoms with van der Waals surface area (Å²) in [5, 5.41) is 18.8. The van der Waals surface area contributed by atoms with Gasteiger partial charge in [0.1, 0.15) is 5.75 Å². The van der Waals surface area contributed by atoms with Crippen LogP contribution in [0.3, 0.4) is 0 Å². The van der Waals surface area contributed by atoms with E-state index in [1.165, 1.54) is 0 Å². The lowest BCUT2D eigenvalue weighted by Crippen LogP contribution is -2.47. The van der Waals surface area contributed by atoms with Gasteiger partial charge in [-0.15, -0.1) is 0 Å². The van der Waals surface area contributed by atoms with Gasteiger partial charge in [-0.1, -0.05) is 17.7 Å². The molecular weight excluding hydrogens is 268 g/mol. The number of rotatable bonds is 5. The molecule has 0 spiro atoms. The van der Waals surface area contributed by atoms with Gasteiger partial charge in [0.05, 0.1) is 6.42 Å². The highest BCUT2D eigenvalue weighted by atomic mass is 16.4. The average Bonchev–Trinajstić information content (AvgIpc) is 2.47. The Hall–Kier alpha value is -1.59. The van der Waals surface area contributed by atoms with Crippen molar-refractivity contribution in [3.8, 4) is 5.75 Å². The molecule has 0 aromatic heterocycles. The third-order valence-corrected chi connectivity index (χ3v) is 4.23. The average molecular weight is 292 g/mol. The second-order valence-corrected chi connectivity index (χ2v) is 5.76. The van der Waals surface area contributed by atoms with E-state index in [0.717, 1.165) is 37.3 Å². The number of nitrogens with zero attached hydrogens (tertiary/aromatic N) is 2. The Kier molecular flexibility index (Phi) is 5.20. The molecule has 2 N–H and O–H groups in total. The number of hydrogen-bond acceptors (Lipinski definition) is 4. The van der Waals surface area contributed by atoms with E-state index in [1.54, 1.807) is 6.07 Å². The molecule has 1 aliphatic rings. The number of benzene rings is 1. The molecule has 1 atom stereocenters. The van der Waals surface area contributed by atoms with Crippen LogP contribution in [0.1, 0.15) is 30.5 Å². The highest BCUT2D eigenvalue weighted by Gasteiger charge is 2.23. The molecule has 0 aliphatic carbocycles. The quantitative estimate of drug-likeness (QED) is 0.867. The summed E-state index contributed by atoms with van der Waals surface area (Å²) in [4.78, 5) is 15.1. The number of aryl methyl sites for hydroxylation is 1. The monoisotopic (exact) mass is 292 g/mol. The second kappa shape index (κ2) is 6.91. The molecule has 5 heteroatoms. The summed E-state index contributed by atoms with van der Waals surface area (Å²) >= 11 is 0. The maximum absolute atomic E-state index is 10.6. The topological polar surface area (TPSA) is 64.0 Å². The molecule has 21 heavy (non-hydrogen) atoms. The van der Waals surface area contributed by atoms with E-state index in [-0.39, 0.29) is 12.5 Å². The molecule has 0 radical (unpaired) electrons. The molecular formula is C16H24N2O3. The molecule has 1 aromatic rings. The van der Waals surface area contributed by atoms with E-state index in [2.05, 4.69) is 16.7 Å². The van der Waals surface area contributed by atoms with E-state index >= 15 is 0 Å². The Bertz CT molecular complexity index is 496. The van der Waals surface area contributed by atoms with Crippen molar-refractivity contribution in [3.63, 3.8) is 0 Å². The third-order valence-electron chi connectivity index (χ3n) is 4.23. The molecule has 1 aliphatic heterocycles. The minimum atomic E-state index is -0.740. The molecule has 1 heterocycles. The van der Waals surface area contributed by atoms with E-state index < -0.39 is 5.97 Å². The lowest BCUT2D eigenvalue weighted by atomic mass is 10.0. The first-order valence-corrected chi connectivity index (χ1v) is 7.45. The lowest BCUT2D eigenvalue weighted by Gasteiger charge is -2.38. The number of phenols is 1. The third kappa shape index (κ3) is 4.19. The van der Waals surface area contributed by atoms with Crippen molar-refractivity contribution in [2.45, 2.75) is 26.3 Å². The van der Waals surface area contributed by atoms with Gasteiger partial charge in [-0.2, -0.15) is 0 Å². The summed E-state index contributed by atoms with van der Waals surface area (Å²) in [6.45, 7) is 8.31. The zero-order valence-corrected chi connectivity index (χ0v) is 12.7. The Morgan fingerprint density at radius 1 is 1.29 bits per heavy atom. The van der Waals surface area contributed by atoms with Gasteiger partial charge < -0.3 is 15.1 Å². The van der Waals surface area contributed by atoms with Gasteiger partial charge in [0.2, 0.25) is 0 Å². The normalized spacial score (nSPS) is 18.6. The van der Waals surface area contributed by atoms with Gasteiger partial charge in [0, 0.05) is 44.3 Å². The van der Waals surface area contributed by atoms with Gasteiger partial charge in [0.15, 0.2) is 0 Å². The molecule has 5 nitrogen and oxygen atoms in total. The minimum absolute atomic E-state index is 0.173. The van der Waals surface area contributed by atoms with Gasteiger partial charge in [-0.05, 0) is 19.9 Å². The predicted molar refractivity (Wildman–Crippen MR) is 81.5 cm³/mol. The van der Waals surface area contributed by atoms with Gasteiger partial charge in [-0.25, -0.2) is 0 Å². The summed E-state index contributed by atoms with van der Waals surface area (Å²) in [6, 6.07) is 5.88. The molecule has 0 bridgehead atoms. The van der Waals surface area contributed by atoms with Crippen molar-refractivity contribution >= 4 is 5.97 Å². The Morgan fingerprint density at radius 2 is 1.95 bits per heavy atom. The van der Waals surface area contributed by atoms with Crippen LogP contribution < -0.4 is 0 Å². The van der Waals surface area contributed by atoms with Crippen LogP contribution in [-0.2, 0) is 4.79 Å². The zero-order valence-electron chi connectivity index (χ0n) is 12.7. The first-order chi connectivity index (χ1) is 9.97. The van der Waals surface area contributed by atoms with Crippen LogP contribution in [0.4, 0.5) is 0 Å². The highest BCUT2D eigenvalue weighted by molar-refractivity contribution is 5.66. The van der Waals surface area contributed by atoms with Crippen LogP contribution in [0.5, 0.6) is 5.75 Å². The van der Waals surface area contributed by atoms with Crippen molar-refractivity contribution in [2.75, 3.05) is 32.7 Å². The van der Waals surface area contributed by atoms with Crippen LogP contribution in [-0.4, -0.2) is 58.7 Å². The van der Waals surface area contributed by atoms with Gasteiger partial charge >= 0.3 is 5.97 Å². The number of carboxylic acids is 1. The smallest absolute Gasteiger partial charge is 0.304 e. The van der Waals surface area contributed by atoms with Crippen molar-refractivity contribution < 1.29 is 15.0 Å². The van der Waals surface area contributed by atoms with E-state index in [1.807, 2.05) is 19.1 Å². The zero-order chi connectivity index (χ0) is 15.4. The predicted octanol–water partition coefficient (Wildman–Crippen LogP) is 1.85. The summed E-state index contributed by atoms with van der Waals surface area (Å²) < 4.78 is 0. The minimum Gasteiger partial charge on any atom is -0.508 e. The van der Waals surface area contributed by atoms with Crippen LogP contribution in [0.2, 0.25) is 0 Å². The summed E-state index contributed by atoms with van der Waals surface area (Å²) in [6.07, 6.45) is 0.203. The van der Waals surface area contributed by atoms with E-state index in [0.29, 0.717) is 12.3 Å². The number of piperazine rings is 1. The van der Waals surface area contributed by atoms with Crippen LogP contribution in [0.15, 0.2) is 18.2 Å². The maximum atomic E-state index is 10.6. The standard InChI is InChI=1S/C16H24N2O3/c1-12-3-4-15(19)14(11-12)13(2)18-9-7-17(8-10-18)6-5-16(20)21/h3-4,11,13,19H,5-10H2,1-2H3,(H,20,21). The largest absolute Gasteiger partial charge is 0.508 e. The summed E-state index contributed by atoms with van der Waals surface area (Å²) in [7, 11) is 0. The Morgan fingerprint density at radius 3 is 2.57 bits per heavy atom. The molecule has 116 valence electrons. The number of aliphatic carboxylic acids is 1. The van der Waals surface area contributed by atoms with Crippen molar-refractivity contribution in [2.24, 2.45) is 0 Å². The van der Waals surface area contributed by atoms with Gasteiger partial charge in [-0.3, -0.25) is 9.69 Å². The number of carbonyl (C=O) groups is 1. The fraction of sp³-hybridized carbons (Fsp3) is 0.562. The lowest BCUT2D eigenvalue weighted by molar-refractivity contribution is -0.137. The van der Waals surface area contributed by atoms with E-state index in [4.69, 9.17) is 5.11 Å². The Balaban J connectivity index is 1.92. The molecule has 0 saturated carbocycles. The van der Waals surface area contributed by atoms with E-state index in [9.17, 15) is 9.90 Å². The van der Waals surface area contributed by atoms with Crippen LogP contribution >= 0.6 is 0 Å². The number of phenolic OH excluding ortho intramolecular Hbond substituents is 1. The van der Waals surface area contributed by atoms with Crippen molar-refractivity contribution in [3.05, 3.63) is 29.3 Å². The van der Waals surface area contributed by atoms with Crippen molar-refractivity contribution in [1.29, 1.82) is 0 Å². The summed E-state index contributed by atoms with van der Waals surface area (Å²) in [5.74, 6) is -0.392. The number of aromatic hydroxyl groups is 1. The van der Waals surface area contributed by atoms with Gasteiger partial charge in [0.25, 0.3) is 0 Å². The van der Waals surface area contributed by atoms with Crippen molar-refractivity contribution in [1.82, 2.24) is 9.80 Å². The number of hydrogen-bond donors (Lipinski definition) is 2.